The molecule has 0 radical (unpaired) electrons. The molecule has 2 heterocycles. The van der Waals surface area contributed by atoms with Crippen LogP contribution in [0.5, 0.6) is 5.75 Å². The van der Waals surface area contributed by atoms with E-state index in [4.69, 9.17) is 9.72 Å². The van der Waals surface area contributed by atoms with E-state index in [-0.39, 0.29) is 6.04 Å². The summed E-state index contributed by atoms with van der Waals surface area (Å²) < 4.78 is 7.60. The van der Waals surface area contributed by atoms with Gasteiger partial charge in [0.25, 0.3) is 0 Å². The fourth-order valence-corrected chi connectivity index (χ4v) is 3.19. The van der Waals surface area contributed by atoms with E-state index in [0.717, 1.165) is 33.8 Å². The largest absolute Gasteiger partial charge is 0.496 e. The zero-order valence-corrected chi connectivity index (χ0v) is 15.4. The van der Waals surface area contributed by atoms with Crippen LogP contribution in [0.2, 0.25) is 0 Å². The Morgan fingerprint density at radius 2 is 1.89 bits per heavy atom. The van der Waals surface area contributed by atoms with E-state index in [1.165, 1.54) is 0 Å². The smallest absolute Gasteiger partial charge is 0.197 e. The fraction of sp³-hybridized carbons (Fsp3) is 0.200. The SMILES string of the molecule is COc1cc(-c2c(-c3ccccc3)ncn2[C@@H](C)c2nn[nH]n2)ccc1C. The quantitative estimate of drug-likeness (QED) is 0.587. The Morgan fingerprint density at radius 3 is 2.59 bits per heavy atom. The van der Waals surface area contributed by atoms with Crippen LogP contribution in [0.1, 0.15) is 24.4 Å². The van der Waals surface area contributed by atoms with Crippen LogP contribution in [0.15, 0.2) is 54.9 Å². The van der Waals surface area contributed by atoms with Crippen molar-refractivity contribution in [1.82, 2.24) is 30.2 Å². The van der Waals surface area contributed by atoms with Crippen molar-refractivity contribution in [3.05, 3.63) is 66.2 Å². The Balaban J connectivity index is 1.92. The van der Waals surface area contributed by atoms with Gasteiger partial charge >= 0.3 is 0 Å². The first kappa shape index (κ1) is 17.0. The van der Waals surface area contributed by atoms with Crippen molar-refractivity contribution in [1.29, 1.82) is 0 Å². The molecule has 1 N–H and O–H groups in total. The lowest BCUT2D eigenvalue weighted by atomic mass is 10.0. The average Bonchev–Trinajstić information content (AvgIpc) is 3.39. The monoisotopic (exact) mass is 360 g/mol. The second-order valence-electron chi connectivity index (χ2n) is 6.35. The van der Waals surface area contributed by atoms with Crippen molar-refractivity contribution in [2.24, 2.45) is 0 Å². The summed E-state index contributed by atoms with van der Waals surface area (Å²) in [5.41, 5.74) is 5.03. The number of hydrogen-bond donors (Lipinski definition) is 1. The Labute approximate surface area is 157 Å². The van der Waals surface area contributed by atoms with Crippen molar-refractivity contribution in [3.8, 4) is 28.3 Å². The average molecular weight is 360 g/mol. The fourth-order valence-electron chi connectivity index (χ4n) is 3.19. The van der Waals surface area contributed by atoms with Crippen LogP contribution < -0.4 is 4.74 Å². The minimum Gasteiger partial charge on any atom is -0.496 e. The molecule has 0 unspecified atom stereocenters. The molecule has 0 aliphatic rings. The van der Waals surface area contributed by atoms with Gasteiger partial charge in [-0.25, -0.2) is 4.98 Å². The number of benzene rings is 2. The molecule has 0 amide bonds. The van der Waals surface area contributed by atoms with Gasteiger partial charge in [0.05, 0.1) is 30.9 Å². The number of H-pyrrole nitrogens is 1. The van der Waals surface area contributed by atoms with Gasteiger partial charge in [-0.05, 0) is 25.5 Å². The summed E-state index contributed by atoms with van der Waals surface area (Å²) in [4.78, 5) is 4.71. The Bertz CT molecular complexity index is 1040. The van der Waals surface area contributed by atoms with Crippen LogP contribution in [-0.4, -0.2) is 37.3 Å². The highest BCUT2D eigenvalue weighted by Gasteiger charge is 2.22. The molecule has 0 saturated carbocycles. The molecular weight excluding hydrogens is 340 g/mol. The van der Waals surface area contributed by atoms with Crippen molar-refractivity contribution in [3.63, 3.8) is 0 Å². The van der Waals surface area contributed by atoms with Crippen molar-refractivity contribution in [2.75, 3.05) is 7.11 Å². The van der Waals surface area contributed by atoms with Gasteiger partial charge in [-0.1, -0.05) is 47.7 Å². The Hall–Kier alpha value is -3.48. The number of methoxy groups -OCH3 is 1. The van der Waals surface area contributed by atoms with Crippen LogP contribution in [0.4, 0.5) is 0 Å². The van der Waals surface area contributed by atoms with E-state index in [2.05, 4.69) is 49.5 Å². The van der Waals surface area contributed by atoms with E-state index in [0.29, 0.717) is 5.82 Å². The molecule has 0 aliphatic heterocycles. The van der Waals surface area contributed by atoms with Gasteiger partial charge in [0.1, 0.15) is 5.75 Å². The first-order valence-electron chi connectivity index (χ1n) is 8.69. The highest BCUT2D eigenvalue weighted by molar-refractivity contribution is 5.79. The molecule has 0 fully saturated rings. The summed E-state index contributed by atoms with van der Waals surface area (Å²) in [6.07, 6.45) is 1.82. The van der Waals surface area contributed by atoms with Crippen molar-refractivity contribution in [2.45, 2.75) is 19.9 Å². The van der Waals surface area contributed by atoms with Crippen molar-refractivity contribution < 1.29 is 4.74 Å². The summed E-state index contributed by atoms with van der Waals surface area (Å²) in [7, 11) is 1.68. The molecule has 1 atom stereocenters. The van der Waals surface area contributed by atoms with E-state index < -0.39 is 0 Å². The second-order valence-corrected chi connectivity index (χ2v) is 6.35. The van der Waals surface area contributed by atoms with Crippen LogP contribution in [0.25, 0.3) is 22.5 Å². The van der Waals surface area contributed by atoms with Crippen LogP contribution >= 0.6 is 0 Å². The van der Waals surface area contributed by atoms with Gasteiger partial charge in [-0.3, -0.25) is 0 Å². The number of nitrogens with zero attached hydrogens (tertiary/aromatic N) is 5. The summed E-state index contributed by atoms with van der Waals surface area (Å²) in [6.45, 7) is 4.05. The zero-order valence-electron chi connectivity index (χ0n) is 15.4. The summed E-state index contributed by atoms with van der Waals surface area (Å²) in [6, 6.07) is 16.2. The maximum Gasteiger partial charge on any atom is 0.197 e. The summed E-state index contributed by atoms with van der Waals surface area (Å²) in [5, 5.41) is 14.5. The van der Waals surface area contributed by atoms with Gasteiger partial charge < -0.3 is 9.30 Å². The van der Waals surface area contributed by atoms with Crippen LogP contribution in [0, 0.1) is 6.92 Å². The standard InChI is InChI=1S/C20H20N6O/c1-13-9-10-16(11-17(13)27-3)19-18(15-7-5-4-6-8-15)21-12-26(19)14(2)20-22-24-25-23-20/h4-12,14H,1-3H3,(H,22,23,24,25)/t14-/m0/s1. The molecule has 7 heteroatoms. The third-order valence-corrected chi connectivity index (χ3v) is 4.68. The normalized spacial score (nSPS) is 12.1. The van der Waals surface area contributed by atoms with E-state index in [1.807, 2.05) is 44.4 Å². The zero-order chi connectivity index (χ0) is 18.8. The molecule has 4 aromatic rings. The molecule has 27 heavy (non-hydrogen) atoms. The second kappa shape index (κ2) is 7.03. The predicted octanol–water partition coefficient (Wildman–Crippen LogP) is 3.66. The maximum atomic E-state index is 5.53. The molecule has 4 rings (SSSR count). The minimum absolute atomic E-state index is 0.129. The molecule has 0 saturated heterocycles. The highest BCUT2D eigenvalue weighted by Crippen LogP contribution is 2.36. The topological polar surface area (TPSA) is 81.5 Å². The number of aromatic nitrogens is 6. The Kier molecular flexibility index (Phi) is 4.42. The van der Waals surface area contributed by atoms with E-state index in [9.17, 15) is 0 Å². The Morgan fingerprint density at radius 1 is 1.07 bits per heavy atom. The molecule has 7 nitrogen and oxygen atoms in total. The number of hydrogen-bond acceptors (Lipinski definition) is 5. The lowest BCUT2D eigenvalue weighted by molar-refractivity contribution is 0.412. The minimum atomic E-state index is -0.129. The molecule has 2 aromatic heterocycles. The van der Waals surface area contributed by atoms with Gasteiger partial charge in [0.15, 0.2) is 5.82 Å². The lowest BCUT2D eigenvalue weighted by Crippen LogP contribution is -2.09. The predicted molar refractivity (Wildman–Crippen MR) is 102 cm³/mol. The summed E-state index contributed by atoms with van der Waals surface area (Å²) in [5.74, 6) is 1.44. The number of rotatable bonds is 5. The van der Waals surface area contributed by atoms with E-state index >= 15 is 0 Å². The molecular formula is C20H20N6O. The summed E-state index contributed by atoms with van der Waals surface area (Å²) >= 11 is 0. The van der Waals surface area contributed by atoms with Gasteiger partial charge in [0.2, 0.25) is 0 Å². The van der Waals surface area contributed by atoms with Crippen LogP contribution in [0.3, 0.4) is 0 Å². The molecule has 2 aromatic carbocycles. The number of tetrazole rings is 1. The number of imidazole rings is 1. The van der Waals surface area contributed by atoms with Crippen LogP contribution in [-0.2, 0) is 0 Å². The molecule has 0 bridgehead atoms. The first-order chi connectivity index (χ1) is 13.2. The molecule has 0 spiro atoms. The van der Waals surface area contributed by atoms with Crippen molar-refractivity contribution >= 4 is 0 Å². The van der Waals surface area contributed by atoms with E-state index in [1.54, 1.807) is 7.11 Å². The third-order valence-electron chi connectivity index (χ3n) is 4.68. The number of ether oxygens (including phenoxy) is 1. The first-order valence-corrected chi connectivity index (χ1v) is 8.69. The van der Waals surface area contributed by atoms with Gasteiger partial charge in [-0.2, -0.15) is 5.21 Å². The third kappa shape index (κ3) is 3.08. The molecule has 0 aliphatic carbocycles. The maximum absolute atomic E-state index is 5.53. The highest BCUT2D eigenvalue weighted by atomic mass is 16.5. The number of nitrogens with one attached hydrogen (secondary N) is 1. The van der Waals surface area contributed by atoms with Gasteiger partial charge in [-0.15, -0.1) is 10.2 Å². The number of aromatic amines is 1. The van der Waals surface area contributed by atoms with Gasteiger partial charge in [0, 0.05) is 11.1 Å². The molecule has 136 valence electrons. The number of aryl methyl sites for hydroxylation is 1. The lowest BCUT2D eigenvalue weighted by Gasteiger charge is -2.16.